The van der Waals surface area contributed by atoms with Crippen LogP contribution in [0.4, 0.5) is 11.4 Å². The van der Waals surface area contributed by atoms with Crippen LogP contribution in [0.3, 0.4) is 0 Å². The van der Waals surface area contributed by atoms with Gasteiger partial charge in [-0.15, -0.1) is 0 Å². The topological polar surface area (TPSA) is 102 Å². The Bertz CT molecular complexity index is 1060. The SMILES string of the molecule is CCCN(C)CCCOc1ccc(-n2cc(NS(=O)(=O)c3ccc(N)cc3)cn2)cc1. The van der Waals surface area contributed by atoms with Gasteiger partial charge in [0.15, 0.2) is 0 Å². The molecule has 0 saturated heterocycles. The van der Waals surface area contributed by atoms with Gasteiger partial charge < -0.3 is 15.4 Å². The Morgan fingerprint density at radius 3 is 2.48 bits per heavy atom. The van der Waals surface area contributed by atoms with Crippen LogP contribution in [0.25, 0.3) is 5.69 Å². The van der Waals surface area contributed by atoms with E-state index in [9.17, 15) is 8.42 Å². The van der Waals surface area contributed by atoms with E-state index < -0.39 is 10.0 Å². The lowest BCUT2D eigenvalue weighted by molar-refractivity contribution is 0.263. The molecule has 0 amide bonds. The standard InChI is InChI=1S/C22H29N5O3S/c1-3-13-26(2)14-4-15-30-21-9-7-20(8-10-21)27-17-19(16-24-27)25-31(28,29)22-11-5-18(23)6-12-22/h5-12,16-17,25H,3-4,13-15,23H2,1-2H3. The first-order valence-corrected chi connectivity index (χ1v) is 11.7. The lowest BCUT2D eigenvalue weighted by Gasteiger charge is -2.15. The van der Waals surface area contributed by atoms with Gasteiger partial charge in [-0.25, -0.2) is 13.1 Å². The van der Waals surface area contributed by atoms with E-state index in [-0.39, 0.29) is 4.90 Å². The highest BCUT2D eigenvalue weighted by molar-refractivity contribution is 7.92. The highest BCUT2D eigenvalue weighted by Crippen LogP contribution is 2.20. The number of nitrogens with one attached hydrogen (secondary N) is 1. The molecule has 0 radical (unpaired) electrons. The molecule has 3 N–H and O–H groups in total. The van der Waals surface area contributed by atoms with E-state index in [0.717, 1.165) is 37.4 Å². The highest BCUT2D eigenvalue weighted by Gasteiger charge is 2.15. The molecule has 2 aromatic carbocycles. The maximum atomic E-state index is 12.5. The molecule has 1 aromatic heterocycles. The molecule has 0 aliphatic heterocycles. The molecule has 0 unspecified atom stereocenters. The predicted molar refractivity (Wildman–Crippen MR) is 123 cm³/mol. The van der Waals surface area contributed by atoms with Gasteiger partial charge in [0.25, 0.3) is 10.0 Å². The molecule has 0 fully saturated rings. The summed E-state index contributed by atoms with van der Waals surface area (Å²) in [6.45, 7) is 4.93. The van der Waals surface area contributed by atoms with Crippen molar-refractivity contribution in [2.24, 2.45) is 0 Å². The van der Waals surface area contributed by atoms with Gasteiger partial charge in [-0.05, 0) is 75.0 Å². The zero-order valence-electron chi connectivity index (χ0n) is 17.9. The molecule has 1 heterocycles. The Hall–Kier alpha value is -3.04. The number of aromatic nitrogens is 2. The number of anilines is 2. The number of nitrogens with two attached hydrogens (primary N) is 1. The minimum atomic E-state index is -3.71. The van der Waals surface area contributed by atoms with Crippen molar-refractivity contribution in [3.63, 3.8) is 0 Å². The first kappa shape index (κ1) is 22.6. The Balaban J connectivity index is 1.56. The second kappa shape index (κ2) is 10.3. The van der Waals surface area contributed by atoms with Crippen LogP contribution in [0, 0.1) is 0 Å². The number of sulfonamides is 1. The number of benzene rings is 2. The predicted octanol–water partition coefficient (Wildman–Crippen LogP) is 3.37. The van der Waals surface area contributed by atoms with Crippen LogP contribution >= 0.6 is 0 Å². The molecule has 166 valence electrons. The minimum absolute atomic E-state index is 0.136. The van der Waals surface area contributed by atoms with Gasteiger partial charge in [0.05, 0.1) is 35.3 Å². The molecule has 9 heteroatoms. The smallest absolute Gasteiger partial charge is 0.261 e. The zero-order chi connectivity index (χ0) is 22.3. The minimum Gasteiger partial charge on any atom is -0.494 e. The molecule has 0 aliphatic carbocycles. The summed E-state index contributed by atoms with van der Waals surface area (Å²) in [5, 5.41) is 4.24. The van der Waals surface area contributed by atoms with Gasteiger partial charge in [-0.3, -0.25) is 4.72 Å². The Morgan fingerprint density at radius 1 is 1.10 bits per heavy atom. The Labute approximate surface area is 183 Å². The highest BCUT2D eigenvalue weighted by atomic mass is 32.2. The number of nitrogen functional groups attached to an aromatic ring is 1. The molecule has 0 saturated carbocycles. The molecule has 0 atom stereocenters. The second-order valence-electron chi connectivity index (χ2n) is 7.35. The number of nitrogens with zero attached hydrogens (tertiary/aromatic N) is 3. The molecule has 3 rings (SSSR count). The lowest BCUT2D eigenvalue weighted by Crippen LogP contribution is -2.21. The van der Waals surface area contributed by atoms with E-state index in [1.807, 2.05) is 24.3 Å². The van der Waals surface area contributed by atoms with Crippen LogP contribution in [0.15, 0.2) is 65.8 Å². The molecule has 31 heavy (non-hydrogen) atoms. The van der Waals surface area contributed by atoms with Crippen LogP contribution in [0.2, 0.25) is 0 Å². The van der Waals surface area contributed by atoms with E-state index in [4.69, 9.17) is 10.5 Å². The number of hydrogen-bond donors (Lipinski definition) is 2. The van der Waals surface area contributed by atoms with Crippen molar-refractivity contribution >= 4 is 21.4 Å². The monoisotopic (exact) mass is 443 g/mol. The van der Waals surface area contributed by atoms with Crippen molar-refractivity contribution < 1.29 is 13.2 Å². The molecule has 0 spiro atoms. The lowest BCUT2D eigenvalue weighted by atomic mass is 10.3. The maximum absolute atomic E-state index is 12.5. The van der Waals surface area contributed by atoms with Crippen molar-refractivity contribution in [2.45, 2.75) is 24.7 Å². The third-order valence-corrected chi connectivity index (χ3v) is 6.08. The fourth-order valence-corrected chi connectivity index (χ4v) is 4.12. The molecular formula is C22H29N5O3S. The number of hydrogen-bond acceptors (Lipinski definition) is 6. The van der Waals surface area contributed by atoms with Crippen molar-refractivity contribution in [3.8, 4) is 11.4 Å². The van der Waals surface area contributed by atoms with Crippen LogP contribution in [-0.2, 0) is 10.0 Å². The summed E-state index contributed by atoms with van der Waals surface area (Å²) in [7, 11) is -1.59. The molecule has 3 aromatic rings. The average molecular weight is 444 g/mol. The van der Waals surface area contributed by atoms with E-state index in [2.05, 4.69) is 28.7 Å². The summed E-state index contributed by atoms with van der Waals surface area (Å²) in [6.07, 6.45) is 5.20. The molecule has 8 nitrogen and oxygen atoms in total. The van der Waals surface area contributed by atoms with Crippen LogP contribution in [0.1, 0.15) is 19.8 Å². The quantitative estimate of drug-likeness (QED) is 0.348. The van der Waals surface area contributed by atoms with E-state index in [1.54, 1.807) is 23.0 Å². The largest absolute Gasteiger partial charge is 0.494 e. The van der Waals surface area contributed by atoms with Gasteiger partial charge in [0, 0.05) is 12.2 Å². The summed E-state index contributed by atoms with van der Waals surface area (Å²) in [4.78, 5) is 2.43. The van der Waals surface area contributed by atoms with Gasteiger partial charge >= 0.3 is 0 Å². The van der Waals surface area contributed by atoms with Gasteiger partial charge in [0.2, 0.25) is 0 Å². The summed E-state index contributed by atoms with van der Waals surface area (Å²) >= 11 is 0. The van der Waals surface area contributed by atoms with Crippen molar-refractivity contribution in [1.82, 2.24) is 14.7 Å². The van der Waals surface area contributed by atoms with Gasteiger partial charge in [-0.2, -0.15) is 5.10 Å². The Kier molecular flexibility index (Phi) is 7.54. The third kappa shape index (κ3) is 6.47. The maximum Gasteiger partial charge on any atom is 0.261 e. The van der Waals surface area contributed by atoms with Crippen LogP contribution in [0.5, 0.6) is 5.75 Å². The van der Waals surface area contributed by atoms with E-state index in [0.29, 0.717) is 18.0 Å². The summed E-state index contributed by atoms with van der Waals surface area (Å²) in [6, 6.07) is 13.5. The fourth-order valence-electron chi connectivity index (χ4n) is 3.09. The van der Waals surface area contributed by atoms with Crippen molar-refractivity contribution in [3.05, 3.63) is 60.9 Å². The van der Waals surface area contributed by atoms with Crippen LogP contribution < -0.4 is 15.2 Å². The normalized spacial score (nSPS) is 11.6. The van der Waals surface area contributed by atoms with E-state index >= 15 is 0 Å². The Morgan fingerprint density at radius 2 is 1.81 bits per heavy atom. The first-order chi connectivity index (χ1) is 14.9. The number of ether oxygens (including phenoxy) is 1. The zero-order valence-corrected chi connectivity index (χ0v) is 18.7. The van der Waals surface area contributed by atoms with Gasteiger partial charge in [-0.1, -0.05) is 6.92 Å². The number of rotatable bonds is 11. The fraction of sp³-hybridized carbons (Fsp3) is 0.318. The summed E-state index contributed by atoms with van der Waals surface area (Å²) in [5.41, 5.74) is 7.29. The molecular weight excluding hydrogens is 414 g/mol. The van der Waals surface area contributed by atoms with Crippen LogP contribution in [-0.4, -0.2) is 49.8 Å². The average Bonchev–Trinajstić information content (AvgIpc) is 3.20. The molecule has 0 aliphatic rings. The summed E-state index contributed by atoms with van der Waals surface area (Å²) < 4.78 is 34.9. The van der Waals surface area contributed by atoms with Crippen molar-refractivity contribution in [2.75, 3.05) is 37.2 Å². The second-order valence-corrected chi connectivity index (χ2v) is 9.03. The summed E-state index contributed by atoms with van der Waals surface area (Å²) in [5.74, 6) is 0.790. The molecule has 0 bridgehead atoms. The van der Waals surface area contributed by atoms with E-state index in [1.165, 1.54) is 18.3 Å². The van der Waals surface area contributed by atoms with Crippen molar-refractivity contribution in [1.29, 1.82) is 0 Å². The first-order valence-electron chi connectivity index (χ1n) is 10.2. The van der Waals surface area contributed by atoms with Gasteiger partial charge in [0.1, 0.15) is 5.75 Å². The third-order valence-electron chi connectivity index (χ3n) is 4.68.